The number of morpholine rings is 1. The van der Waals surface area contributed by atoms with Crippen molar-refractivity contribution in [1.29, 1.82) is 0 Å². The monoisotopic (exact) mass is 480 g/mol. The first-order valence-electron chi connectivity index (χ1n) is 11.0. The molecule has 1 atom stereocenters. The zero-order valence-corrected chi connectivity index (χ0v) is 19.3. The lowest BCUT2D eigenvalue weighted by molar-refractivity contribution is -0.140. The van der Waals surface area contributed by atoms with Crippen LogP contribution in [0.3, 0.4) is 0 Å². The Balaban J connectivity index is 1.22. The lowest BCUT2D eigenvalue weighted by Gasteiger charge is -2.33. The first kappa shape index (κ1) is 22.5. The molecule has 5 rings (SSSR count). The van der Waals surface area contributed by atoms with E-state index in [0.717, 1.165) is 10.3 Å². The van der Waals surface area contributed by atoms with Crippen LogP contribution in [0, 0.1) is 0 Å². The summed E-state index contributed by atoms with van der Waals surface area (Å²) in [5, 5.41) is 4.09. The van der Waals surface area contributed by atoms with E-state index in [1.165, 1.54) is 35.9 Å². The van der Waals surface area contributed by atoms with Gasteiger partial charge in [-0.05, 0) is 24.3 Å². The van der Waals surface area contributed by atoms with E-state index in [4.69, 9.17) is 9.47 Å². The lowest BCUT2D eigenvalue weighted by atomic mass is 10.2. The molecule has 1 fully saturated rings. The van der Waals surface area contributed by atoms with Gasteiger partial charge in [0.25, 0.3) is 5.56 Å². The minimum absolute atomic E-state index is 0.0682. The normalized spacial score (nSPS) is 16.1. The minimum Gasteiger partial charge on any atom is -0.491 e. The van der Waals surface area contributed by atoms with Crippen molar-refractivity contribution in [3.05, 3.63) is 64.1 Å². The highest BCUT2D eigenvalue weighted by atomic mass is 16.5. The zero-order valence-electron chi connectivity index (χ0n) is 19.3. The molecule has 0 spiro atoms. The van der Waals surface area contributed by atoms with Crippen LogP contribution in [-0.4, -0.2) is 76.7 Å². The third kappa shape index (κ3) is 4.33. The number of benzene rings is 1. The fraction of sp³-hybridized carbons (Fsp3) is 0.364. The maximum atomic E-state index is 13.0. The predicted octanol–water partition coefficient (Wildman–Crippen LogP) is -0.679. The summed E-state index contributed by atoms with van der Waals surface area (Å²) in [6.45, 7) is 1.39. The quantitative estimate of drug-likeness (QED) is 0.355. The highest BCUT2D eigenvalue weighted by Crippen LogP contribution is 2.16. The first-order valence-corrected chi connectivity index (χ1v) is 11.0. The summed E-state index contributed by atoms with van der Waals surface area (Å²) in [5.74, 6) is 0.498. The second-order valence-corrected chi connectivity index (χ2v) is 8.23. The summed E-state index contributed by atoms with van der Waals surface area (Å²) in [5.41, 5.74) is 0.363. The number of nitrogens with zero attached hydrogens (tertiary/aromatic N) is 8. The largest absolute Gasteiger partial charge is 0.491 e. The third-order valence-corrected chi connectivity index (χ3v) is 5.97. The maximum Gasteiger partial charge on any atom is 0.332 e. The SMILES string of the molecule is Cn1c(=O)c2c(ncn2CC(=O)N2CCOC(COc3ccc(-n4cncn4)cc3)C2)n(C)c1=O. The molecule has 13 nitrogen and oxygen atoms in total. The van der Waals surface area contributed by atoms with E-state index in [1.807, 2.05) is 24.3 Å². The number of hydrogen-bond acceptors (Lipinski definition) is 8. The smallest absolute Gasteiger partial charge is 0.332 e. The molecule has 0 aliphatic carbocycles. The molecule has 1 aliphatic rings. The maximum absolute atomic E-state index is 13.0. The fourth-order valence-corrected chi connectivity index (χ4v) is 4.04. The van der Waals surface area contributed by atoms with Crippen LogP contribution in [0.15, 0.2) is 52.8 Å². The summed E-state index contributed by atoms with van der Waals surface area (Å²) >= 11 is 0. The van der Waals surface area contributed by atoms with Crippen LogP contribution in [0.25, 0.3) is 16.9 Å². The molecule has 182 valence electrons. The van der Waals surface area contributed by atoms with Gasteiger partial charge in [-0.1, -0.05) is 0 Å². The Bertz CT molecular complexity index is 1470. The van der Waals surface area contributed by atoms with E-state index in [0.29, 0.717) is 25.4 Å². The number of aromatic nitrogens is 7. The van der Waals surface area contributed by atoms with Crippen LogP contribution < -0.4 is 16.0 Å². The topological polar surface area (TPSA) is 131 Å². The van der Waals surface area contributed by atoms with Crippen molar-refractivity contribution in [2.45, 2.75) is 12.6 Å². The number of fused-ring (bicyclic) bond motifs is 1. The third-order valence-electron chi connectivity index (χ3n) is 5.97. The average molecular weight is 480 g/mol. The van der Waals surface area contributed by atoms with Crippen LogP contribution in [-0.2, 0) is 30.2 Å². The Hall–Kier alpha value is -4.26. The number of carbonyl (C=O) groups is 1. The van der Waals surface area contributed by atoms with Crippen LogP contribution in [0.4, 0.5) is 0 Å². The van der Waals surface area contributed by atoms with Crippen molar-refractivity contribution in [1.82, 2.24) is 38.3 Å². The van der Waals surface area contributed by atoms with Crippen molar-refractivity contribution in [2.75, 3.05) is 26.3 Å². The van der Waals surface area contributed by atoms with E-state index < -0.39 is 11.2 Å². The Labute approximate surface area is 198 Å². The van der Waals surface area contributed by atoms with E-state index in [2.05, 4.69) is 15.1 Å². The molecule has 1 aliphatic heterocycles. The Morgan fingerprint density at radius 1 is 1.14 bits per heavy atom. The van der Waals surface area contributed by atoms with Gasteiger partial charge in [-0.3, -0.25) is 18.7 Å². The van der Waals surface area contributed by atoms with Crippen molar-refractivity contribution in [3.63, 3.8) is 0 Å². The lowest BCUT2D eigenvalue weighted by Crippen LogP contribution is -2.48. The fourth-order valence-electron chi connectivity index (χ4n) is 4.04. The molecule has 0 bridgehead atoms. The second-order valence-electron chi connectivity index (χ2n) is 8.23. The number of imidazole rings is 1. The van der Waals surface area contributed by atoms with Crippen molar-refractivity contribution < 1.29 is 14.3 Å². The predicted molar refractivity (Wildman–Crippen MR) is 123 cm³/mol. The van der Waals surface area contributed by atoms with Crippen LogP contribution in [0.2, 0.25) is 0 Å². The molecule has 4 heterocycles. The zero-order chi connectivity index (χ0) is 24.5. The molecule has 1 aromatic carbocycles. The van der Waals surface area contributed by atoms with E-state index in [-0.39, 0.29) is 36.3 Å². The van der Waals surface area contributed by atoms with Gasteiger partial charge in [0.15, 0.2) is 11.2 Å². The Kier molecular flexibility index (Phi) is 5.91. The van der Waals surface area contributed by atoms with E-state index >= 15 is 0 Å². The van der Waals surface area contributed by atoms with E-state index in [9.17, 15) is 14.4 Å². The molecule has 0 N–H and O–H groups in total. The summed E-state index contributed by atoms with van der Waals surface area (Å²) < 4.78 is 17.1. The molecule has 3 aromatic heterocycles. The highest BCUT2D eigenvalue weighted by molar-refractivity contribution is 5.79. The molecule has 1 unspecified atom stereocenters. The molecule has 0 saturated carbocycles. The average Bonchev–Trinajstić information content (AvgIpc) is 3.56. The van der Waals surface area contributed by atoms with E-state index in [1.54, 1.807) is 15.9 Å². The summed E-state index contributed by atoms with van der Waals surface area (Å²) in [4.78, 5) is 47.5. The first-order chi connectivity index (χ1) is 16.9. The number of hydrogen-bond donors (Lipinski definition) is 0. The van der Waals surface area contributed by atoms with Gasteiger partial charge < -0.3 is 18.9 Å². The summed E-state index contributed by atoms with van der Waals surface area (Å²) in [7, 11) is 2.94. The van der Waals surface area contributed by atoms with Crippen LogP contribution >= 0.6 is 0 Å². The summed E-state index contributed by atoms with van der Waals surface area (Å²) in [6, 6.07) is 7.41. The van der Waals surface area contributed by atoms with Gasteiger partial charge in [-0.15, -0.1) is 0 Å². The van der Waals surface area contributed by atoms with Crippen molar-refractivity contribution >= 4 is 17.1 Å². The van der Waals surface area contributed by atoms with Gasteiger partial charge >= 0.3 is 5.69 Å². The minimum atomic E-state index is -0.489. The molecule has 0 radical (unpaired) electrons. The Morgan fingerprint density at radius 2 is 1.94 bits per heavy atom. The Morgan fingerprint density at radius 3 is 2.69 bits per heavy atom. The molecule has 1 saturated heterocycles. The standard InChI is InChI=1S/C22H24N8O5/c1-26-20-19(21(32)27(2)22(26)33)29(14-24-20)10-18(31)28-7-8-34-17(9-28)11-35-16-5-3-15(4-6-16)30-13-23-12-25-30/h3-6,12-14,17H,7-11H2,1-2H3. The number of rotatable bonds is 6. The molecule has 13 heteroatoms. The molecule has 35 heavy (non-hydrogen) atoms. The number of carbonyl (C=O) groups excluding carboxylic acids is 1. The van der Waals surface area contributed by atoms with Gasteiger partial charge in [0.2, 0.25) is 5.91 Å². The van der Waals surface area contributed by atoms with Gasteiger partial charge in [0, 0.05) is 20.6 Å². The number of ether oxygens (including phenoxy) is 2. The van der Waals surface area contributed by atoms with Crippen molar-refractivity contribution in [2.24, 2.45) is 14.1 Å². The van der Waals surface area contributed by atoms with Gasteiger partial charge in [-0.2, -0.15) is 5.10 Å². The molecular weight excluding hydrogens is 456 g/mol. The van der Waals surface area contributed by atoms with Gasteiger partial charge in [-0.25, -0.2) is 19.4 Å². The van der Waals surface area contributed by atoms with Crippen molar-refractivity contribution in [3.8, 4) is 11.4 Å². The van der Waals surface area contributed by atoms with Gasteiger partial charge in [0.1, 0.15) is 37.7 Å². The van der Waals surface area contributed by atoms with Crippen LogP contribution in [0.5, 0.6) is 5.75 Å². The number of amides is 1. The van der Waals surface area contributed by atoms with Crippen LogP contribution in [0.1, 0.15) is 0 Å². The molecule has 4 aromatic rings. The second kappa shape index (κ2) is 9.18. The highest BCUT2D eigenvalue weighted by Gasteiger charge is 2.26. The van der Waals surface area contributed by atoms with Gasteiger partial charge in [0.05, 0.1) is 25.2 Å². The summed E-state index contributed by atoms with van der Waals surface area (Å²) in [6.07, 6.45) is 4.20. The number of aryl methyl sites for hydroxylation is 1. The molecule has 1 amide bonds. The molecular formula is C22H24N8O5.